The van der Waals surface area contributed by atoms with E-state index in [1.54, 1.807) is 0 Å². The number of amides is 1. The van der Waals surface area contributed by atoms with Gasteiger partial charge in [0.1, 0.15) is 5.75 Å². The van der Waals surface area contributed by atoms with E-state index in [0.717, 1.165) is 16.9 Å². The standard InChI is InChI=1S/C14H19NO4/c1-10-3-4-12(11(2)9-10)19-8-6-13(16)15-7-5-14(17)18/h3-4,9H,5-8H2,1-2H3,(H,15,16)(H,17,18). The predicted octanol–water partition coefficient (Wildman–Crippen LogP) is 1.66. The summed E-state index contributed by atoms with van der Waals surface area (Å²) in [6.45, 7) is 4.39. The van der Waals surface area contributed by atoms with Crippen molar-refractivity contribution < 1.29 is 19.4 Å². The van der Waals surface area contributed by atoms with Crippen molar-refractivity contribution in [3.05, 3.63) is 29.3 Å². The number of carboxylic acid groups (broad SMARTS) is 1. The average Bonchev–Trinajstić information content (AvgIpc) is 2.31. The summed E-state index contributed by atoms with van der Waals surface area (Å²) in [5.41, 5.74) is 2.20. The molecule has 0 saturated heterocycles. The van der Waals surface area contributed by atoms with Crippen LogP contribution < -0.4 is 10.1 Å². The van der Waals surface area contributed by atoms with E-state index in [4.69, 9.17) is 9.84 Å². The van der Waals surface area contributed by atoms with Crippen molar-refractivity contribution in [2.75, 3.05) is 13.2 Å². The Kier molecular flexibility index (Phi) is 5.85. The number of aliphatic carboxylic acids is 1. The van der Waals surface area contributed by atoms with E-state index in [2.05, 4.69) is 5.32 Å². The Morgan fingerprint density at radius 2 is 2.00 bits per heavy atom. The van der Waals surface area contributed by atoms with E-state index in [1.165, 1.54) is 0 Å². The fourth-order valence-electron chi connectivity index (χ4n) is 1.61. The molecule has 1 amide bonds. The van der Waals surface area contributed by atoms with Crippen LogP contribution in [0.4, 0.5) is 0 Å². The Balaban J connectivity index is 2.26. The number of hydrogen-bond donors (Lipinski definition) is 2. The molecule has 1 aromatic carbocycles. The molecule has 5 nitrogen and oxygen atoms in total. The van der Waals surface area contributed by atoms with Gasteiger partial charge in [0.2, 0.25) is 5.91 Å². The SMILES string of the molecule is Cc1ccc(OCCC(=O)NCCC(=O)O)c(C)c1. The molecule has 0 aromatic heterocycles. The second kappa shape index (κ2) is 7.41. The first-order valence-corrected chi connectivity index (χ1v) is 6.17. The zero-order chi connectivity index (χ0) is 14.3. The maximum absolute atomic E-state index is 11.4. The maximum atomic E-state index is 11.4. The normalized spacial score (nSPS) is 10.0. The molecular formula is C14H19NO4. The molecule has 0 unspecified atom stereocenters. The number of nitrogens with one attached hydrogen (secondary N) is 1. The van der Waals surface area contributed by atoms with Crippen LogP contribution in [0, 0.1) is 13.8 Å². The quantitative estimate of drug-likeness (QED) is 0.786. The molecule has 0 aliphatic rings. The monoisotopic (exact) mass is 265 g/mol. The molecule has 0 saturated carbocycles. The van der Waals surface area contributed by atoms with Crippen molar-refractivity contribution in [2.45, 2.75) is 26.7 Å². The van der Waals surface area contributed by atoms with Gasteiger partial charge < -0.3 is 15.2 Å². The molecule has 0 aliphatic carbocycles. The third kappa shape index (κ3) is 5.90. The highest BCUT2D eigenvalue weighted by atomic mass is 16.5. The second-order valence-corrected chi connectivity index (χ2v) is 4.36. The number of hydrogen-bond acceptors (Lipinski definition) is 3. The lowest BCUT2D eigenvalue weighted by atomic mass is 10.1. The summed E-state index contributed by atoms with van der Waals surface area (Å²) in [4.78, 5) is 21.6. The molecule has 2 N–H and O–H groups in total. The summed E-state index contributed by atoms with van der Waals surface area (Å²) >= 11 is 0. The van der Waals surface area contributed by atoms with E-state index in [1.807, 2.05) is 32.0 Å². The van der Waals surface area contributed by atoms with Crippen molar-refractivity contribution >= 4 is 11.9 Å². The minimum atomic E-state index is -0.924. The van der Waals surface area contributed by atoms with E-state index in [0.29, 0.717) is 0 Å². The molecule has 0 bridgehead atoms. The third-order valence-electron chi connectivity index (χ3n) is 2.58. The van der Waals surface area contributed by atoms with Gasteiger partial charge in [-0.05, 0) is 25.5 Å². The van der Waals surface area contributed by atoms with Gasteiger partial charge in [-0.25, -0.2) is 0 Å². The van der Waals surface area contributed by atoms with Gasteiger partial charge in [-0.1, -0.05) is 17.7 Å². The highest BCUT2D eigenvalue weighted by Crippen LogP contribution is 2.18. The highest BCUT2D eigenvalue weighted by molar-refractivity contribution is 5.76. The molecule has 0 spiro atoms. The largest absolute Gasteiger partial charge is 0.493 e. The molecule has 0 heterocycles. The molecular weight excluding hydrogens is 246 g/mol. The summed E-state index contributed by atoms with van der Waals surface area (Å²) in [6, 6.07) is 5.85. The van der Waals surface area contributed by atoms with Gasteiger partial charge in [0.15, 0.2) is 0 Å². The molecule has 0 radical (unpaired) electrons. The maximum Gasteiger partial charge on any atom is 0.305 e. The summed E-state index contributed by atoms with van der Waals surface area (Å²) in [5.74, 6) is -0.359. The van der Waals surface area contributed by atoms with Crippen LogP contribution in [0.1, 0.15) is 24.0 Å². The van der Waals surface area contributed by atoms with Crippen LogP contribution in [0.3, 0.4) is 0 Å². The lowest BCUT2D eigenvalue weighted by Gasteiger charge is -2.09. The van der Waals surface area contributed by atoms with Crippen LogP contribution in [0.15, 0.2) is 18.2 Å². The number of carbonyl (C=O) groups is 2. The van der Waals surface area contributed by atoms with Crippen LogP contribution in [0.2, 0.25) is 0 Å². The lowest BCUT2D eigenvalue weighted by molar-refractivity contribution is -0.136. The number of rotatable bonds is 7. The first kappa shape index (κ1) is 15.0. The first-order chi connectivity index (χ1) is 8.99. The zero-order valence-electron chi connectivity index (χ0n) is 11.2. The summed E-state index contributed by atoms with van der Waals surface area (Å²) in [7, 11) is 0. The van der Waals surface area contributed by atoms with Crippen LogP contribution in [0.5, 0.6) is 5.75 Å². The Morgan fingerprint density at radius 3 is 2.63 bits per heavy atom. The van der Waals surface area contributed by atoms with Gasteiger partial charge >= 0.3 is 5.97 Å². The van der Waals surface area contributed by atoms with Crippen molar-refractivity contribution in [1.29, 1.82) is 0 Å². The number of aryl methyl sites for hydroxylation is 2. The molecule has 0 fully saturated rings. The fraction of sp³-hybridized carbons (Fsp3) is 0.429. The third-order valence-corrected chi connectivity index (χ3v) is 2.58. The molecule has 0 aliphatic heterocycles. The van der Waals surface area contributed by atoms with E-state index in [9.17, 15) is 9.59 Å². The summed E-state index contributed by atoms with van der Waals surface area (Å²) in [5, 5.41) is 11.0. The smallest absolute Gasteiger partial charge is 0.305 e. The van der Waals surface area contributed by atoms with Crippen molar-refractivity contribution in [3.8, 4) is 5.75 Å². The Labute approximate surface area is 112 Å². The lowest BCUT2D eigenvalue weighted by Crippen LogP contribution is -2.27. The van der Waals surface area contributed by atoms with Crippen molar-refractivity contribution in [1.82, 2.24) is 5.32 Å². The number of benzene rings is 1. The van der Waals surface area contributed by atoms with Gasteiger partial charge in [-0.3, -0.25) is 9.59 Å². The number of ether oxygens (including phenoxy) is 1. The van der Waals surface area contributed by atoms with E-state index < -0.39 is 5.97 Å². The topological polar surface area (TPSA) is 75.6 Å². The van der Waals surface area contributed by atoms with E-state index in [-0.39, 0.29) is 31.9 Å². The molecule has 1 rings (SSSR count). The molecule has 1 aromatic rings. The van der Waals surface area contributed by atoms with Crippen LogP contribution in [0.25, 0.3) is 0 Å². The van der Waals surface area contributed by atoms with Crippen molar-refractivity contribution in [2.24, 2.45) is 0 Å². The summed E-state index contributed by atoms with van der Waals surface area (Å²) < 4.78 is 5.51. The van der Waals surface area contributed by atoms with Gasteiger partial charge in [-0.2, -0.15) is 0 Å². The second-order valence-electron chi connectivity index (χ2n) is 4.36. The molecule has 19 heavy (non-hydrogen) atoms. The Bertz CT molecular complexity index is 457. The minimum Gasteiger partial charge on any atom is -0.493 e. The Hall–Kier alpha value is -2.04. The number of carboxylic acids is 1. The fourth-order valence-corrected chi connectivity index (χ4v) is 1.61. The van der Waals surface area contributed by atoms with Crippen molar-refractivity contribution in [3.63, 3.8) is 0 Å². The van der Waals surface area contributed by atoms with E-state index >= 15 is 0 Å². The Morgan fingerprint density at radius 1 is 1.26 bits per heavy atom. The van der Waals surface area contributed by atoms with Gasteiger partial charge in [-0.15, -0.1) is 0 Å². The zero-order valence-corrected chi connectivity index (χ0v) is 11.2. The number of carbonyl (C=O) groups excluding carboxylic acids is 1. The minimum absolute atomic E-state index is 0.0658. The van der Waals surface area contributed by atoms with Crippen LogP contribution >= 0.6 is 0 Å². The molecule has 104 valence electrons. The van der Waals surface area contributed by atoms with Crippen LogP contribution in [-0.4, -0.2) is 30.1 Å². The van der Waals surface area contributed by atoms with Gasteiger partial charge in [0.25, 0.3) is 0 Å². The van der Waals surface area contributed by atoms with Crippen LogP contribution in [-0.2, 0) is 9.59 Å². The predicted molar refractivity (Wildman–Crippen MR) is 71.3 cm³/mol. The first-order valence-electron chi connectivity index (χ1n) is 6.17. The highest BCUT2D eigenvalue weighted by Gasteiger charge is 2.04. The van der Waals surface area contributed by atoms with Gasteiger partial charge in [0.05, 0.1) is 19.4 Å². The average molecular weight is 265 g/mol. The molecule has 5 heteroatoms. The van der Waals surface area contributed by atoms with Gasteiger partial charge in [0, 0.05) is 6.54 Å². The summed E-state index contributed by atoms with van der Waals surface area (Å²) in [6.07, 6.45) is 0.149. The molecule has 0 atom stereocenters.